The van der Waals surface area contributed by atoms with Gasteiger partial charge in [0.15, 0.2) is 0 Å². The van der Waals surface area contributed by atoms with Crippen LogP contribution in [0.4, 0.5) is 17.1 Å². The highest BCUT2D eigenvalue weighted by atomic mass is 15.1. The summed E-state index contributed by atoms with van der Waals surface area (Å²) in [5.74, 6) is 0. The molecule has 0 aromatic heterocycles. The van der Waals surface area contributed by atoms with Crippen molar-refractivity contribution in [3.8, 4) is 33.4 Å². The van der Waals surface area contributed by atoms with E-state index in [1.54, 1.807) is 0 Å². The Morgan fingerprint density at radius 2 is 0.717 bits per heavy atom. The maximum Gasteiger partial charge on any atom is 0.0540 e. The average Bonchev–Trinajstić information content (AvgIpc) is 3.24. The summed E-state index contributed by atoms with van der Waals surface area (Å²) in [7, 11) is 0. The van der Waals surface area contributed by atoms with Gasteiger partial charge in [-0.25, -0.2) is 0 Å². The van der Waals surface area contributed by atoms with Crippen molar-refractivity contribution in [2.75, 3.05) is 4.90 Å². The Morgan fingerprint density at radius 1 is 0.245 bits per heavy atom. The van der Waals surface area contributed by atoms with Crippen molar-refractivity contribution in [1.82, 2.24) is 0 Å². The van der Waals surface area contributed by atoms with Crippen LogP contribution >= 0.6 is 0 Å². The molecular weight excluding hydrogens is 639 g/mol. The molecule has 0 N–H and O–H groups in total. The second kappa shape index (κ2) is 13.0. The lowest BCUT2D eigenvalue weighted by Gasteiger charge is -2.28. The second-order valence-electron chi connectivity index (χ2n) is 13.8. The number of hydrogen-bond donors (Lipinski definition) is 0. The Hall–Kier alpha value is -6.96. The van der Waals surface area contributed by atoms with Gasteiger partial charge in [-0.3, -0.25) is 0 Å². The van der Waals surface area contributed by atoms with Gasteiger partial charge in [-0.05, 0) is 113 Å². The van der Waals surface area contributed by atoms with Gasteiger partial charge >= 0.3 is 0 Å². The first kappa shape index (κ1) is 30.8. The minimum Gasteiger partial charge on any atom is -0.310 e. The van der Waals surface area contributed by atoms with E-state index < -0.39 is 0 Å². The highest BCUT2D eigenvalue weighted by Gasteiger charge is 2.18. The average molecular weight is 674 g/mol. The summed E-state index contributed by atoms with van der Waals surface area (Å²) < 4.78 is 0. The van der Waals surface area contributed by atoms with E-state index in [1.165, 1.54) is 76.5 Å². The summed E-state index contributed by atoms with van der Waals surface area (Å²) in [5, 5.41) is 10.1. The number of fused-ring (bicyclic) bond motifs is 6. The largest absolute Gasteiger partial charge is 0.310 e. The zero-order valence-corrected chi connectivity index (χ0v) is 29.2. The van der Waals surface area contributed by atoms with E-state index in [0.717, 1.165) is 17.1 Å². The van der Waals surface area contributed by atoms with Crippen LogP contribution in [0.2, 0.25) is 0 Å². The van der Waals surface area contributed by atoms with Crippen LogP contribution in [-0.4, -0.2) is 0 Å². The molecule has 0 aliphatic carbocycles. The van der Waals surface area contributed by atoms with Crippen LogP contribution in [0.15, 0.2) is 212 Å². The standard InChI is InChI=1S/C52H35N/c1-2-11-37(12-3-1)49-19-8-9-20-52(49)53(45-31-29-36(30-32-45)43-27-25-40-23-21-38-13-4-6-17-47(38)50(40)34-43)46-16-10-15-42(33-46)44-28-26-41-24-22-39-14-5-7-18-48(39)51(41)35-44/h1-35H. The molecule has 0 radical (unpaired) electrons. The fraction of sp³-hybridized carbons (Fsp3) is 0. The zero-order chi connectivity index (χ0) is 35.1. The van der Waals surface area contributed by atoms with Gasteiger partial charge in [0.25, 0.3) is 0 Å². The lowest BCUT2D eigenvalue weighted by atomic mass is 9.96. The first-order valence-electron chi connectivity index (χ1n) is 18.3. The van der Waals surface area contributed by atoms with Gasteiger partial charge in [0, 0.05) is 16.9 Å². The molecule has 0 saturated heterocycles. The van der Waals surface area contributed by atoms with Crippen LogP contribution < -0.4 is 4.90 Å². The van der Waals surface area contributed by atoms with E-state index in [-0.39, 0.29) is 0 Å². The first-order valence-corrected chi connectivity index (χ1v) is 18.3. The molecule has 53 heavy (non-hydrogen) atoms. The molecule has 0 aliphatic rings. The third-order valence-electron chi connectivity index (χ3n) is 10.6. The molecule has 0 unspecified atom stereocenters. The van der Waals surface area contributed by atoms with Crippen LogP contribution in [0.1, 0.15) is 0 Å². The highest BCUT2D eigenvalue weighted by molar-refractivity contribution is 6.10. The predicted octanol–water partition coefficient (Wildman–Crippen LogP) is 14.8. The van der Waals surface area contributed by atoms with Crippen LogP contribution in [-0.2, 0) is 0 Å². The van der Waals surface area contributed by atoms with Crippen LogP contribution in [0.25, 0.3) is 76.5 Å². The van der Waals surface area contributed by atoms with Crippen molar-refractivity contribution < 1.29 is 0 Å². The summed E-state index contributed by atoms with van der Waals surface area (Å²) in [5.41, 5.74) is 10.5. The van der Waals surface area contributed by atoms with Gasteiger partial charge in [-0.2, -0.15) is 0 Å². The van der Waals surface area contributed by atoms with E-state index in [2.05, 4.69) is 217 Å². The molecule has 10 aromatic carbocycles. The van der Waals surface area contributed by atoms with Gasteiger partial charge < -0.3 is 4.90 Å². The Bertz CT molecular complexity index is 2940. The lowest BCUT2D eigenvalue weighted by Crippen LogP contribution is -2.11. The topological polar surface area (TPSA) is 3.24 Å². The second-order valence-corrected chi connectivity index (χ2v) is 13.8. The molecule has 0 amide bonds. The Balaban J connectivity index is 1.10. The molecule has 0 aliphatic heterocycles. The molecule has 10 rings (SSSR count). The first-order chi connectivity index (χ1) is 26.3. The van der Waals surface area contributed by atoms with Gasteiger partial charge in [0.1, 0.15) is 0 Å². The van der Waals surface area contributed by atoms with Crippen molar-refractivity contribution in [3.63, 3.8) is 0 Å². The molecular formula is C52H35N. The summed E-state index contributed by atoms with van der Waals surface area (Å²) >= 11 is 0. The summed E-state index contributed by atoms with van der Waals surface area (Å²) in [4.78, 5) is 2.40. The van der Waals surface area contributed by atoms with Crippen LogP contribution in [0.5, 0.6) is 0 Å². The molecule has 10 aromatic rings. The maximum atomic E-state index is 2.40. The van der Waals surface area contributed by atoms with Crippen molar-refractivity contribution >= 4 is 60.2 Å². The van der Waals surface area contributed by atoms with E-state index in [4.69, 9.17) is 0 Å². The molecule has 0 heterocycles. The molecule has 1 heteroatoms. The van der Waals surface area contributed by atoms with Crippen molar-refractivity contribution in [2.24, 2.45) is 0 Å². The number of benzene rings is 10. The van der Waals surface area contributed by atoms with E-state index in [0.29, 0.717) is 0 Å². The number of hydrogen-bond acceptors (Lipinski definition) is 1. The number of rotatable bonds is 6. The maximum absolute atomic E-state index is 2.40. The third kappa shape index (κ3) is 5.60. The van der Waals surface area contributed by atoms with Gasteiger partial charge in [0.2, 0.25) is 0 Å². The Kier molecular flexibility index (Phi) is 7.55. The van der Waals surface area contributed by atoms with E-state index in [9.17, 15) is 0 Å². The fourth-order valence-electron chi connectivity index (χ4n) is 7.95. The van der Waals surface area contributed by atoms with Crippen molar-refractivity contribution in [3.05, 3.63) is 212 Å². The smallest absolute Gasteiger partial charge is 0.0540 e. The summed E-state index contributed by atoms with van der Waals surface area (Å²) in [6.45, 7) is 0. The third-order valence-corrected chi connectivity index (χ3v) is 10.6. The van der Waals surface area contributed by atoms with Crippen molar-refractivity contribution in [1.29, 1.82) is 0 Å². The lowest BCUT2D eigenvalue weighted by molar-refractivity contribution is 1.28. The van der Waals surface area contributed by atoms with Gasteiger partial charge in [0.05, 0.1) is 5.69 Å². The number of nitrogens with zero attached hydrogens (tertiary/aromatic N) is 1. The van der Waals surface area contributed by atoms with Crippen molar-refractivity contribution in [2.45, 2.75) is 0 Å². The summed E-state index contributed by atoms with van der Waals surface area (Å²) in [6, 6.07) is 77.3. The predicted molar refractivity (Wildman–Crippen MR) is 227 cm³/mol. The number of para-hydroxylation sites is 1. The van der Waals surface area contributed by atoms with Crippen LogP contribution in [0, 0.1) is 0 Å². The van der Waals surface area contributed by atoms with Crippen LogP contribution in [0.3, 0.4) is 0 Å². The SMILES string of the molecule is c1ccc(-c2ccccc2N(c2ccc(-c3ccc4ccc5ccccc5c4c3)cc2)c2cccc(-c3ccc4ccc5ccccc5c4c3)c2)cc1. The zero-order valence-electron chi connectivity index (χ0n) is 29.2. The monoisotopic (exact) mass is 673 g/mol. The van der Waals surface area contributed by atoms with Gasteiger partial charge in [-0.15, -0.1) is 0 Å². The Morgan fingerprint density at radius 3 is 1.38 bits per heavy atom. The molecule has 0 bridgehead atoms. The Labute approximate surface area is 309 Å². The molecule has 0 spiro atoms. The van der Waals surface area contributed by atoms with E-state index in [1.807, 2.05) is 0 Å². The molecule has 0 saturated carbocycles. The normalized spacial score (nSPS) is 11.4. The molecule has 248 valence electrons. The molecule has 1 nitrogen and oxygen atoms in total. The molecule has 0 fully saturated rings. The minimum absolute atomic E-state index is 1.10. The summed E-state index contributed by atoms with van der Waals surface area (Å²) in [6.07, 6.45) is 0. The highest BCUT2D eigenvalue weighted by Crippen LogP contribution is 2.43. The minimum atomic E-state index is 1.10. The quantitative estimate of drug-likeness (QED) is 0.159. The van der Waals surface area contributed by atoms with Gasteiger partial charge in [-0.1, -0.05) is 170 Å². The fourth-order valence-corrected chi connectivity index (χ4v) is 7.95. The molecule has 0 atom stereocenters. The van der Waals surface area contributed by atoms with E-state index >= 15 is 0 Å². The number of anilines is 3.